The van der Waals surface area contributed by atoms with Crippen LogP contribution >= 0.6 is 0 Å². The first-order valence-corrected chi connectivity index (χ1v) is 7.51. The van der Waals surface area contributed by atoms with E-state index >= 15 is 0 Å². The highest BCUT2D eigenvalue weighted by atomic mass is 15.4. The van der Waals surface area contributed by atoms with E-state index in [4.69, 9.17) is 5.73 Å². The summed E-state index contributed by atoms with van der Waals surface area (Å²) in [7, 11) is 0. The SMILES string of the molecule is CCN(Cc1ccccc1)Cc1cc(N)n(C(C)(C)C)n1. The van der Waals surface area contributed by atoms with Crippen molar-refractivity contribution < 1.29 is 0 Å². The van der Waals surface area contributed by atoms with E-state index in [1.54, 1.807) is 0 Å². The van der Waals surface area contributed by atoms with Crippen LogP contribution in [-0.4, -0.2) is 21.2 Å². The zero-order valence-electron chi connectivity index (χ0n) is 13.5. The van der Waals surface area contributed by atoms with Crippen molar-refractivity contribution in [3.05, 3.63) is 47.7 Å². The second-order valence-corrected chi connectivity index (χ2v) is 6.43. The molecule has 0 atom stereocenters. The fraction of sp³-hybridized carbons (Fsp3) is 0.471. The molecule has 1 aromatic carbocycles. The van der Waals surface area contributed by atoms with Gasteiger partial charge in [-0.05, 0) is 32.9 Å². The summed E-state index contributed by atoms with van der Waals surface area (Å²) in [6.45, 7) is 11.2. The topological polar surface area (TPSA) is 47.1 Å². The van der Waals surface area contributed by atoms with Crippen LogP contribution in [-0.2, 0) is 18.6 Å². The summed E-state index contributed by atoms with van der Waals surface area (Å²) in [6, 6.07) is 12.5. The average Bonchev–Trinajstić information content (AvgIpc) is 2.80. The van der Waals surface area contributed by atoms with Gasteiger partial charge in [-0.25, -0.2) is 4.68 Å². The Kier molecular flexibility index (Phi) is 4.68. The third kappa shape index (κ3) is 4.08. The second kappa shape index (κ2) is 6.31. The lowest BCUT2D eigenvalue weighted by atomic mass is 10.1. The van der Waals surface area contributed by atoms with Crippen LogP contribution < -0.4 is 5.73 Å². The number of aromatic nitrogens is 2. The van der Waals surface area contributed by atoms with Crippen molar-refractivity contribution in [2.45, 2.75) is 46.3 Å². The predicted molar refractivity (Wildman–Crippen MR) is 87.9 cm³/mol. The van der Waals surface area contributed by atoms with Crippen molar-refractivity contribution in [3.63, 3.8) is 0 Å². The average molecular weight is 286 g/mol. The normalized spacial score (nSPS) is 12.0. The van der Waals surface area contributed by atoms with E-state index in [9.17, 15) is 0 Å². The Bertz CT molecular complexity index is 566. The number of anilines is 1. The van der Waals surface area contributed by atoms with Crippen molar-refractivity contribution >= 4 is 5.82 Å². The minimum atomic E-state index is -0.0845. The van der Waals surface area contributed by atoms with Crippen LogP contribution in [0.5, 0.6) is 0 Å². The standard InChI is InChI=1S/C17H26N4/c1-5-20(12-14-9-7-6-8-10-14)13-15-11-16(18)21(19-15)17(2,3)4/h6-11H,5,12-13,18H2,1-4H3. The number of nitrogens with zero attached hydrogens (tertiary/aromatic N) is 3. The van der Waals surface area contributed by atoms with E-state index in [0.29, 0.717) is 0 Å². The lowest BCUT2D eigenvalue weighted by molar-refractivity contribution is 0.264. The quantitative estimate of drug-likeness (QED) is 0.918. The van der Waals surface area contributed by atoms with Crippen LogP contribution in [0.2, 0.25) is 0 Å². The molecule has 0 saturated heterocycles. The summed E-state index contributed by atoms with van der Waals surface area (Å²) in [5.74, 6) is 0.730. The monoisotopic (exact) mass is 286 g/mol. The van der Waals surface area contributed by atoms with Crippen LogP contribution in [0.15, 0.2) is 36.4 Å². The van der Waals surface area contributed by atoms with Crippen LogP contribution in [0.25, 0.3) is 0 Å². The Labute approximate surface area is 127 Å². The molecule has 0 saturated carbocycles. The summed E-state index contributed by atoms with van der Waals surface area (Å²) < 4.78 is 1.90. The lowest BCUT2D eigenvalue weighted by Gasteiger charge is -2.21. The van der Waals surface area contributed by atoms with Gasteiger partial charge in [0.1, 0.15) is 5.82 Å². The highest BCUT2D eigenvalue weighted by molar-refractivity contribution is 5.32. The molecule has 1 aromatic heterocycles. The van der Waals surface area contributed by atoms with Gasteiger partial charge in [0, 0.05) is 19.2 Å². The maximum atomic E-state index is 6.08. The molecule has 0 radical (unpaired) electrons. The molecule has 0 unspecified atom stereocenters. The Morgan fingerprint density at radius 3 is 2.33 bits per heavy atom. The van der Waals surface area contributed by atoms with Crippen molar-refractivity contribution in [2.24, 2.45) is 0 Å². The number of nitrogen functional groups attached to an aromatic ring is 1. The maximum absolute atomic E-state index is 6.08. The van der Waals surface area contributed by atoms with E-state index < -0.39 is 0 Å². The second-order valence-electron chi connectivity index (χ2n) is 6.43. The van der Waals surface area contributed by atoms with Crippen molar-refractivity contribution in [3.8, 4) is 0 Å². The fourth-order valence-corrected chi connectivity index (χ4v) is 2.41. The minimum absolute atomic E-state index is 0.0845. The first kappa shape index (κ1) is 15.6. The molecule has 4 heteroatoms. The van der Waals surface area contributed by atoms with Crippen LogP contribution in [0, 0.1) is 0 Å². The third-order valence-corrected chi connectivity index (χ3v) is 3.50. The van der Waals surface area contributed by atoms with E-state index in [-0.39, 0.29) is 5.54 Å². The van der Waals surface area contributed by atoms with E-state index in [0.717, 1.165) is 31.1 Å². The third-order valence-electron chi connectivity index (χ3n) is 3.50. The Morgan fingerprint density at radius 1 is 1.14 bits per heavy atom. The molecule has 2 rings (SSSR count). The molecule has 114 valence electrons. The largest absolute Gasteiger partial charge is 0.384 e. The summed E-state index contributed by atoms with van der Waals surface area (Å²) in [5, 5.41) is 4.66. The zero-order chi connectivity index (χ0) is 15.5. The molecule has 2 N–H and O–H groups in total. The predicted octanol–water partition coefficient (Wildman–Crippen LogP) is 3.24. The van der Waals surface area contributed by atoms with Crippen molar-refractivity contribution in [1.82, 2.24) is 14.7 Å². The number of hydrogen-bond donors (Lipinski definition) is 1. The van der Waals surface area contributed by atoms with Gasteiger partial charge in [-0.1, -0.05) is 37.3 Å². The molecule has 0 aliphatic rings. The summed E-state index contributed by atoms with van der Waals surface area (Å²) in [6.07, 6.45) is 0. The van der Waals surface area contributed by atoms with Crippen molar-refractivity contribution in [2.75, 3.05) is 12.3 Å². The summed E-state index contributed by atoms with van der Waals surface area (Å²) in [5.41, 5.74) is 8.34. The molecule has 0 fully saturated rings. The molecule has 0 amide bonds. The van der Waals surface area contributed by atoms with Gasteiger partial charge in [-0.15, -0.1) is 0 Å². The molecule has 0 spiro atoms. The molecular weight excluding hydrogens is 260 g/mol. The summed E-state index contributed by atoms with van der Waals surface area (Å²) >= 11 is 0. The van der Waals surface area contributed by atoms with Gasteiger partial charge in [0.15, 0.2) is 0 Å². The molecule has 1 heterocycles. The molecule has 4 nitrogen and oxygen atoms in total. The Hall–Kier alpha value is -1.81. The Balaban J connectivity index is 2.09. The van der Waals surface area contributed by atoms with E-state index in [1.165, 1.54) is 5.56 Å². The lowest BCUT2D eigenvalue weighted by Crippen LogP contribution is -2.26. The fourth-order valence-electron chi connectivity index (χ4n) is 2.41. The number of rotatable bonds is 5. The maximum Gasteiger partial charge on any atom is 0.122 e. The molecule has 0 aliphatic heterocycles. The number of hydrogen-bond acceptors (Lipinski definition) is 3. The van der Waals surface area contributed by atoms with Gasteiger partial charge in [-0.3, -0.25) is 4.90 Å². The van der Waals surface area contributed by atoms with Gasteiger partial charge in [-0.2, -0.15) is 5.10 Å². The van der Waals surface area contributed by atoms with E-state index in [2.05, 4.69) is 62.0 Å². The molecular formula is C17H26N4. The molecule has 0 aliphatic carbocycles. The molecule has 0 bridgehead atoms. The smallest absolute Gasteiger partial charge is 0.122 e. The zero-order valence-corrected chi connectivity index (χ0v) is 13.5. The number of nitrogens with two attached hydrogens (primary N) is 1. The van der Waals surface area contributed by atoms with Gasteiger partial charge in [0.05, 0.1) is 11.2 Å². The van der Waals surface area contributed by atoms with Crippen LogP contribution in [0.1, 0.15) is 39.0 Å². The van der Waals surface area contributed by atoms with Gasteiger partial charge in [0.2, 0.25) is 0 Å². The highest BCUT2D eigenvalue weighted by Crippen LogP contribution is 2.20. The molecule has 21 heavy (non-hydrogen) atoms. The van der Waals surface area contributed by atoms with Crippen LogP contribution in [0.4, 0.5) is 5.82 Å². The first-order chi connectivity index (χ1) is 9.90. The van der Waals surface area contributed by atoms with Gasteiger partial charge < -0.3 is 5.73 Å². The highest BCUT2D eigenvalue weighted by Gasteiger charge is 2.18. The minimum Gasteiger partial charge on any atom is -0.384 e. The van der Waals surface area contributed by atoms with Crippen LogP contribution in [0.3, 0.4) is 0 Å². The van der Waals surface area contributed by atoms with Gasteiger partial charge >= 0.3 is 0 Å². The van der Waals surface area contributed by atoms with Crippen molar-refractivity contribution in [1.29, 1.82) is 0 Å². The summed E-state index contributed by atoms with van der Waals surface area (Å²) in [4.78, 5) is 2.37. The first-order valence-electron chi connectivity index (χ1n) is 7.51. The number of benzene rings is 1. The Morgan fingerprint density at radius 2 is 1.81 bits per heavy atom. The molecule has 2 aromatic rings. The van der Waals surface area contributed by atoms with Gasteiger partial charge in [0.25, 0.3) is 0 Å². The van der Waals surface area contributed by atoms with E-state index in [1.807, 2.05) is 16.8 Å².